The lowest BCUT2D eigenvalue weighted by Gasteiger charge is -2.32. The van der Waals surface area contributed by atoms with Gasteiger partial charge in [-0.15, -0.1) is 0 Å². The van der Waals surface area contributed by atoms with Crippen molar-refractivity contribution in [2.45, 2.75) is 44.0 Å². The van der Waals surface area contributed by atoms with E-state index in [9.17, 15) is 13.2 Å². The van der Waals surface area contributed by atoms with Crippen LogP contribution in [-0.2, 0) is 14.6 Å². The van der Waals surface area contributed by atoms with E-state index in [1.54, 1.807) is 19.1 Å². The van der Waals surface area contributed by atoms with Crippen LogP contribution in [0.25, 0.3) is 0 Å². The summed E-state index contributed by atoms with van der Waals surface area (Å²) in [5.74, 6) is -0.625. The van der Waals surface area contributed by atoms with Crippen LogP contribution in [-0.4, -0.2) is 39.3 Å². The number of hydrogen-bond donors (Lipinski definition) is 2. The summed E-state index contributed by atoms with van der Waals surface area (Å²) in [4.78, 5) is 12.6. The van der Waals surface area contributed by atoms with Gasteiger partial charge in [-0.05, 0) is 37.1 Å². The molecule has 3 N–H and O–H groups in total. The van der Waals surface area contributed by atoms with Crippen molar-refractivity contribution in [1.82, 2.24) is 5.32 Å². The van der Waals surface area contributed by atoms with Crippen molar-refractivity contribution in [2.24, 2.45) is 11.7 Å². The third kappa shape index (κ3) is 4.95. The summed E-state index contributed by atoms with van der Waals surface area (Å²) in [7, 11) is -2.04. The Morgan fingerprint density at radius 2 is 1.79 bits per heavy atom. The van der Waals surface area contributed by atoms with Crippen molar-refractivity contribution < 1.29 is 17.9 Å². The van der Waals surface area contributed by atoms with Crippen molar-refractivity contribution in [3.05, 3.63) is 24.3 Å². The van der Waals surface area contributed by atoms with Gasteiger partial charge in [-0.1, -0.05) is 20.8 Å². The lowest BCUT2D eigenvalue weighted by Crippen LogP contribution is -2.54. The lowest BCUT2D eigenvalue weighted by atomic mass is 9.92. The third-order valence-electron chi connectivity index (χ3n) is 4.47. The first kappa shape index (κ1) is 20.4. The van der Waals surface area contributed by atoms with E-state index in [0.717, 1.165) is 0 Å². The molecule has 24 heavy (non-hydrogen) atoms. The van der Waals surface area contributed by atoms with Crippen LogP contribution >= 0.6 is 0 Å². The standard InChI is InChI=1S/C17H28N2O4S/c1-5-17(6-2,12-18)19-16(20)13(3)11-24(21,22)15-9-7-14(23-4)8-10-15/h7-10,13H,5-6,11-12,18H2,1-4H3,(H,19,20). The van der Waals surface area contributed by atoms with E-state index < -0.39 is 21.3 Å². The molecule has 0 aliphatic heterocycles. The number of amides is 1. The number of rotatable bonds is 9. The number of hydrogen-bond acceptors (Lipinski definition) is 5. The van der Waals surface area contributed by atoms with E-state index in [-0.39, 0.29) is 16.6 Å². The Bertz CT molecular complexity index is 629. The highest BCUT2D eigenvalue weighted by Gasteiger charge is 2.30. The van der Waals surface area contributed by atoms with Gasteiger partial charge in [0.25, 0.3) is 0 Å². The summed E-state index contributed by atoms with van der Waals surface area (Å²) in [5, 5.41) is 2.92. The molecule has 6 nitrogen and oxygen atoms in total. The maximum atomic E-state index is 12.5. The highest BCUT2D eigenvalue weighted by Crippen LogP contribution is 2.20. The Morgan fingerprint density at radius 3 is 2.21 bits per heavy atom. The Morgan fingerprint density at radius 1 is 1.25 bits per heavy atom. The Hall–Kier alpha value is -1.60. The Labute approximate surface area is 144 Å². The second-order valence-electron chi connectivity index (χ2n) is 6.04. The average molecular weight is 356 g/mol. The Balaban J connectivity index is 2.84. The molecule has 0 aliphatic carbocycles. The zero-order valence-electron chi connectivity index (χ0n) is 14.8. The number of sulfone groups is 1. The van der Waals surface area contributed by atoms with Crippen molar-refractivity contribution in [3.63, 3.8) is 0 Å². The molecule has 0 aliphatic rings. The number of methoxy groups -OCH3 is 1. The van der Waals surface area contributed by atoms with Crippen LogP contribution in [0.3, 0.4) is 0 Å². The summed E-state index contributed by atoms with van der Waals surface area (Å²) in [5.41, 5.74) is 5.30. The average Bonchev–Trinajstić information content (AvgIpc) is 2.59. The minimum absolute atomic E-state index is 0.180. The number of ether oxygens (including phenoxy) is 1. The quantitative estimate of drug-likeness (QED) is 0.702. The minimum atomic E-state index is -3.55. The molecular weight excluding hydrogens is 328 g/mol. The Kier molecular flexibility index (Phi) is 7.23. The van der Waals surface area contributed by atoms with Crippen molar-refractivity contribution in [2.75, 3.05) is 19.4 Å². The largest absolute Gasteiger partial charge is 0.497 e. The lowest BCUT2D eigenvalue weighted by molar-refractivity contribution is -0.125. The number of nitrogens with two attached hydrogens (primary N) is 1. The van der Waals surface area contributed by atoms with Crippen molar-refractivity contribution in [3.8, 4) is 5.75 Å². The number of nitrogens with one attached hydrogen (secondary N) is 1. The van der Waals surface area contributed by atoms with Gasteiger partial charge < -0.3 is 15.8 Å². The van der Waals surface area contributed by atoms with Gasteiger partial charge in [-0.25, -0.2) is 8.42 Å². The molecule has 1 unspecified atom stereocenters. The molecule has 0 saturated carbocycles. The smallest absolute Gasteiger partial charge is 0.224 e. The third-order valence-corrected chi connectivity index (χ3v) is 6.40. The van der Waals surface area contributed by atoms with Gasteiger partial charge in [0.05, 0.1) is 23.3 Å². The maximum Gasteiger partial charge on any atom is 0.224 e. The molecule has 1 aromatic rings. The van der Waals surface area contributed by atoms with Crippen molar-refractivity contribution >= 4 is 15.7 Å². The first-order chi connectivity index (χ1) is 11.2. The topological polar surface area (TPSA) is 98.5 Å². The van der Waals surface area contributed by atoms with Gasteiger partial charge in [0.2, 0.25) is 5.91 Å². The van der Waals surface area contributed by atoms with Gasteiger partial charge in [-0.3, -0.25) is 4.79 Å². The molecule has 0 spiro atoms. The summed E-state index contributed by atoms with van der Waals surface area (Å²) >= 11 is 0. The molecule has 1 aromatic carbocycles. The summed E-state index contributed by atoms with van der Waals surface area (Å²) in [6.45, 7) is 5.84. The highest BCUT2D eigenvalue weighted by molar-refractivity contribution is 7.91. The second-order valence-corrected chi connectivity index (χ2v) is 8.07. The van der Waals surface area contributed by atoms with Crippen LogP contribution in [0.15, 0.2) is 29.2 Å². The van der Waals surface area contributed by atoms with Gasteiger partial charge in [0.15, 0.2) is 9.84 Å². The molecule has 0 heterocycles. The van der Waals surface area contributed by atoms with Gasteiger partial charge >= 0.3 is 0 Å². The zero-order chi connectivity index (χ0) is 18.4. The minimum Gasteiger partial charge on any atom is -0.497 e. The number of carbonyl (C=O) groups excluding carboxylic acids is 1. The van der Waals surface area contributed by atoms with Gasteiger partial charge in [-0.2, -0.15) is 0 Å². The fourth-order valence-corrected chi connectivity index (χ4v) is 3.99. The highest BCUT2D eigenvalue weighted by atomic mass is 32.2. The van der Waals surface area contributed by atoms with Crippen LogP contribution in [0, 0.1) is 5.92 Å². The van der Waals surface area contributed by atoms with Crippen LogP contribution in [0.1, 0.15) is 33.6 Å². The monoisotopic (exact) mass is 356 g/mol. The van der Waals surface area contributed by atoms with Gasteiger partial charge in [0, 0.05) is 12.5 Å². The molecule has 0 aromatic heterocycles. The van der Waals surface area contributed by atoms with E-state index in [1.807, 2.05) is 13.8 Å². The van der Waals surface area contributed by atoms with Crippen molar-refractivity contribution in [1.29, 1.82) is 0 Å². The molecular formula is C17H28N2O4S. The van der Waals surface area contributed by atoms with E-state index in [0.29, 0.717) is 25.1 Å². The molecule has 0 saturated heterocycles. The fourth-order valence-electron chi connectivity index (χ4n) is 2.44. The molecule has 136 valence electrons. The van der Waals surface area contributed by atoms with E-state index in [1.165, 1.54) is 19.2 Å². The van der Waals surface area contributed by atoms with Crippen LogP contribution in [0.5, 0.6) is 5.75 Å². The molecule has 0 bridgehead atoms. The number of benzene rings is 1. The molecule has 1 atom stereocenters. The predicted molar refractivity (Wildman–Crippen MR) is 94.7 cm³/mol. The zero-order valence-corrected chi connectivity index (χ0v) is 15.7. The first-order valence-electron chi connectivity index (χ1n) is 8.12. The normalized spacial score (nSPS) is 13.4. The van der Waals surface area contributed by atoms with E-state index >= 15 is 0 Å². The van der Waals surface area contributed by atoms with Gasteiger partial charge in [0.1, 0.15) is 5.75 Å². The van der Waals surface area contributed by atoms with Crippen LogP contribution in [0.2, 0.25) is 0 Å². The second kappa shape index (κ2) is 8.48. The summed E-state index contributed by atoms with van der Waals surface area (Å²) < 4.78 is 30.0. The maximum absolute atomic E-state index is 12.5. The summed E-state index contributed by atoms with van der Waals surface area (Å²) in [6, 6.07) is 6.15. The van der Waals surface area contributed by atoms with Crippen LogP contribution < -0.4 is 15.8 Å². The molecule has 1 rings (SSSR count). The molecule has 0 radical (unpaired) electrons. The molecule has 0 fully saturated rings. The molecule has 1 amide bonds. The SMILES string of the molecule is CCC(CC)(CN)NC(=O)C(C)CS(=O)(=O)c1ccc(OC)cc1. The van der Waals surface area contributed by atoms with E-state index in [4.69, 9.17) is 10.5 Å². The molecule has 7 heteroatoms. The van der Waals surface area contributed by atoms with E-state index in [2.05, 4.69) is 5.32 Å². The predicted octanol–water partition coefficient (Wildman–Crippen LogP) is 1.74. The first-order valence-corrected chi connectivity index (χ1v) is 9.77. The number of carbonyl (C=O) groups is 1. The fraction of sp³-hybridized carbons (Fsp3) is 0.588. The van der Waals surface area contributed by atoms with Crippen LogP contribution in [0.4, 0.5) is 0 Å². The summed E-state index contributed by atoms with van der Waals surface area (Å²) in [6.07, 6.45) is 1.40.